The van der Waals surface area contributed by atoms with Crippen LogP contribution in [0.4, 0.5) is 0 Å². The third-order valence-electron chi connectivity index (χ3n) is 4.58. The molecule has 1 N–H and O–H groups in total. The van der Waals surface area contributed by atoms with Crippen LogP contribution in [0.5, 0.6) is 0 Å². The third kappa shape index (κ3) is 2.53. The van der Waals surface area contributed by atoms with Gasteiger partial charge in [-0.25, -0.2) is 4.98 Å². The maximum Gasteiger partial charge on any atom is 0.261 e. The van der Waals surface area contributed by atoms with Crippen LogP contribution in [0.2, 0.25) is 0 Å². The van der Waals surface area contributed by atoms with Crippen LogP contribution in [-0.2, 0) is 20.0 Å². The number of rotatable bonds is 3. The summed E-state index contributed by atoms with van der Waals surface area (Å²) in [4.78, 5) is 18.8. The first-order valence-corrected chi connectivity index (χ1v) is 9.12. The van der Waals surface area contributed by atoms with E-state index in [9.17, 15) is 4.79 Å². The Balaban J connectivity index is 1.55. The van der Waals surface area contributed by atoms with E-state index in [0.29, 0.717) is 5.92 Å². The molecule has 1 amide bonds. The van der Waals surface area contributed by atoms with Gasteiger partial charge in [0.15, 0.2) is 0 Å². The van der Waals surface area contributed by atoms with Crippen LogP contribution in [0, 0.1) is 0 Å². The van der Waals surface area contributed by atoms with Crippen molar-refractivity contribution in [2.45, 2.75) is 45.2 Å². The number of amides is 1. The van der Waals surface area contributed by atoms with Crippen LogP contribution in [0.25, 0.3) is 10.2 Å². The standard InChI is InChI=1S/C17H21N5OS/c1-10(2)15-12-8-13(24-17(12)21(3)20-15)16(23)19-11-4-5-14-18-6-7-22(14)9-11/h6-8,10-11H,4-5,9H2,1-3H3,(H,19,23)/t11-/m0/s1. The van der Waals surface area contributed by atoms with Gasteiger partial charge < -0.3 is 9.88 Å². The van der Waals surface area contributed by atoms with Crippen molar-refractivity contribution in [2.75, 3.05) is 0 Å². The molecule has 1 aliphatic rings. The van der Waals surface area contributed by atoms with E-state index in [-0.39, 0.29) is 11.9 Å². The van der Waals surface area contributed by atoms with Crippen LogP contribution in [0.3, 0.4) is 0 Å². The van der Waals surface area contributed by atoms with Gasteiger partial charge in [0.2, 0.25) is 0 Å². The first-order chi connectivity index (χ1) is 11.5. The van der Waals surface area contributed by atoms with Gasteiger partial charge in [0, 0.05) is 43.8 Å². The Morgan fingerprint density at radius 2 is 2.29 bits per heavy atom. The Hall–Kier alpha value is -2.15. The molecule has 1 atom stereocenters. The van der Waals surface area contributed by atoms with Gasteiger partial charge in [-0.2, -0.15) is 5.10 Å². The summed E-state index contributed by atoms with van der Waals surface area (Å²) in [5.74, 6) is 1.46. The molecule has 1 aliphatic heterocycles. The first kappa shape index (κ1) is 15.4. The molecule has 0 aromatic carbocycles. The Bertz CT molecular complexity index is 904. The number of aromatic nitrogens is 4. The molecule has 0 bridgehead atoms. The topological polar surface area (TPSA) is 64.7 Å². The Kier molecular flexibility index (Phi) is 3.68. The van der Waals surface area contributed by atoms with Crippen LogP contribution >= 0.6 is 11.3 Å². The molecule has 0 radical (unpaired) electrons. The smallest absolute Gasteiger partial charge is 0.261 e. The van der Waals surface area contributed by atoms with Crippen molar-refractivity contribution in [2.24, 2.45) is 7.05 Å². The minimum atomic E-state index is 0.0134. The fourth-order valence-corrected chi connectivity index (χ4v) is 4.33. The van der Waals surface area contributed by atoms with Gasteiger partial charge in [-0.3, -0.25) is 9.48 Å². The number of fused-ring (bicyclic) bond motifs is 2. The lowest BCUT2D eigenvalue weighted by molar-refractivity contribution is 0.0932. The summed E-state index contributed by atoms with van der Waals surface area (Å²) in [7, 11) is 1.94. The molecule has 7 heteroatoms. The molecule has 0 saturated carbocycles. The molecule has 0 aliphatic carbocycles. The van der Waals surface area contributed by atoms with Crippen molar-refractivity contribution in [3.63, 3.8) is 0 Å². The molecular weight excluding hydrogens is 322 g/mol. The highest BCUT2D eigenvalue weighted by atomic mass is 32.1. The van der Waals surface area contributed by atoms with Crippen LogP contribution in [0.1, 0.15) is 47.4 Å². The summed E-state index contributed by atoms with van der Waals surface area (Å²) < 4.78 is 4.00. The number of hydrogen-bond acceptors (Lipinski definition) is 4. The van der Waals surface area contributed by atoms with Crippen molar-refractivity contribution in [3.05, 3.63) is 34.9 Å². The maximum atomic E-state index is 12.7. The summed E-state index contributed by atoms with van der Waals surface area (Å²) in [5, 5.41) is 8.85. The summed E-state index contributed by atoms with van der Waals surface area (Å²) >= 11 is 1.52. The number of aryl methyl sites for hydroxylation is 2. The van der Waals surface area contributed by atoms with Crippen LogP contribution in [0.15, 0.2) is 18.5 Å². The first-order valence-electron chi connectivity index (χ1n) is 8.30. The van der Waals surface area contributed by atoms with Gasteiger partial charge in [-0.1, -0.05) is 13.8 Å². The van der Waals surface area contributed by atoms with E-state index < -0.39 is 0 Å². The molecule has 0 saturated heterocycles. The lowest BCUT2D eigenvalue weighted by Gasteiger charge is -2.24. The lowest BCUT2D eigenvalue weighted by Crippen LogP contribution is -2.40. The zero-order chi connectivity index (χ0) is 16.8. The second-order valence-corrected chi connectivity index (χ2v) is 7.73. The van der Waals surface area contributed by atoms with E-state index in [1.54, 1.807) is 0 Å². The summed E-state index contributed by atoms with van der Waals surface area (Å²) in [6, 6.07) is 2.15. The van der Waals surface area contributed by atoms with Gasteiger partial charge in [0.25, 0.3) is 5.91 Å². The predicted octanol–water partition coefficient (Wildman–Crippen LogP) is 2.70. The second kappa shape index (κ2) is 5.73. The van der Waals surface area contributed by atoms with Crippen LogP contribution < -0.4 is 5.32 Å². The van der Waals surface area contributed by atoms with E-state index >= 15 is 0 Å². The monoisotopic (exact) mass is 343 g/mol. The van der Waals surface area contributed by atoms with Gasteiger partial charge >= 0.3 is 0 Å². The highest BCUT2D eigenvalue weighted by Gasteiger charge is 2.23. The number of carbonyl (C=O) groups is 1. The molecule has 126 valence electrons. The number of nitrogens with zero attached hydrogens (tertiary/aromatic N) is 4. The molecule has 0 spiro atoms. The van der Waals surface area contributed by atoms with Gasteiger partial charge in [-0.05, 0) is 18.4 Å². The number of hydrogen-bond donors (Lipinski definition) is 1. The van der Waals surface area contributed by atoms with Gasteiger partial charge in [-0.15, -0.1) is 11.3 Å². The predicted molar refractivity (Wildman–Crippen MR) is 94.5 cm³/mol. The Labute approximate surface area is 144 Å². The quantitative estimate of drug-likeness (QED) is 0.795. The van der Waals surface area contributed by atoms with Crippen molar-refractivity contribution in [3.8, 4) is 0 Å². The summed E-state index contributed by atoms with van der Waals surface area (Å²) in [6.45, 7) is 5.05. The second-order valence-electron chi connectivity index (χ2n) is 6.70. The van der Waals surface area contributed by atoms with Crippen molar-refractivity contribution in [1.29, 1.82) is 0 Å². The number of thiophene rings is 1. The molecule has 0 fully saturated rings. The minimum absolute atomic E-state index is 0.0134. The molecule has 0 unspecified atom stereocenters. The van der Waals surface area contributed by atoms with E-state index in [1.165, 1.54) is 11.3 Å². The molecule has 6 nitrogen and oxygen atoms in total. The van der Waals surface area contributed by atoms with E-state index in [0.717, 1.165) is 46.0 Å². The fraction of sp³-hybridized carbons (Fsp3) is 0.471. The minimum Gasteiger partial charge on any atom is -0.347 e. The zero-order valence-electron chi connectivity index (χ0n) is 14.1. The largest absolute Gasteiger partial charge is 0.347 e. The van der Waals surface area contributed by atoms with Crippen LogP contribution in [-0.4, -0.2) is 31.3 Å². The molecule has 4 heterocycles. The number of carbonyl (C=O) groups excluding carboxylic acids is 1. The molecule has 3 aromatic heterocycles. The average molecular weight is 343 g/mol. The Morgan fingerprint density at radius 3 is 3.08 bits per heavy atom. The molecular formula is C17H21N5OS. The van der Waals surface area contributed by atoms with E-state index in [4.69, 9.17) is 0 Å². The molecule has 4 rings (SSSR count). The van der Waals surface area contributed by atoms with Crippen molar-refractivity contribution >= 4 is 27.5 Å². The molecule has 24 heavy (non-hydrogen) atoms. The molecule has 3 aromatic rings. The Morgan fingerprint density at radius 1 is 1.46 bits per heavy atom. The number of nitrogens with one attached hydrogen (secondary N) is 1. The number of imidazole rings is 1. The zero-order valence-corrected chi connectivity index (χ0v) is 14.9. The van der Waals surface area contributed by atoms with Crippen molar-refractivity contribution in [1.82, 2.24) is 24.6 Å². The van der Waals surface area contributed by atoms with E-state index in [1.807, 2.05) is 30.2 Å². The maximum absolute atomic E-state index is 12.7. The fourth-order valence-electron chi connectivity index (χ4n) is 3.35. The SMILES string of the molecule is CC(C)c1nn(C)c2sc(C(=O)N[C@H]3CCc4nccn4C3)cc12. The highest BCUT2D eigenvalue weighted by molar-refractivity contribution is 7.20. The van der Waals surface area contributed by atoms with Gasteiger partial charge in [0.05, 0.1) is 10.6 Å². The summed E-state index contributed by atoms with van der Waals surface area (Å²) in [5.41, 5.74) is 1.06. The highest BCUT2D eigenvalue weighted by Crippen LogP contribution is 2.31. The lowest BCUT2D eigenvalue weighted by atomic mass is 10.1. The normalized spacial score (nSPS) is 17.4. The van der Waals surface area contributed by atoms with E-state index in [2.05, 4.69) is 33.8 Å². The summed E-state index contributed by atoms with van der Waals surface area (Å²) in [6.07, 6.45) is 5.65. The van der Waals surface area contributed by atoms with Gasteiger partial charge in [0.1, 0.15) is 10.7 Å². The van der Waals surface area contributed by atoms with Crippen molar-refractivity contribution < 1.29 is 4.79 Å². The third-order valence-corrected chi connectivity index (χ3v) is 5.78. The average Bonchev–Trinajstić information content (AvgIpc) is 3.23.